The summed E-state index contributed by atoms with van der Waals surface area (Å²) in [4.78, 5) is 26.4. The highest BCUT2D eigenvalue weighted by atomic mass is 79.9. The van der Waals surface area contributed by atoms with Crippen molar-refractivity contribution in [2.75, 3.05) is 0 Å². The largest absolute Gasteiger partial charge is 0.481 e. The van der Waals surface area contributed by atoms with Gasteiger partial charge in [0.05, 0.1) is 8.66 Å². The zero-order valence-corrected chi connectivity index (χ0v) is 15.2. The van der Waals surface area contributed by atoms with E-state index in [1.54, 1.807) is 0 Å². The number of piperidine rings is 1. The predicted octanol–water partition coefficient (Wildman–Crippen LogP) is 4.13. The van der Waals surface area contributed by atoms with Crippen LogP contribution in [0.3, 0.4) is 0 Å². The average molecular weight is 437 g/mol. The number of thiophene rings is 1. The molecule has 0 aliphatic carbocycles. The molecule has 2 unspecified atom stereocenters. The second-order valence-electron chi connectivity index (χ2n) is 5.77. The molecule has 4 nitrogen and oxygen atoms in total. The zero-order chi connectivity index (χ0) is 15.1. The quantitative estimate of drug-likeness (QED) is 0.774. The molecule has 2 atom stereocenters. The number of carbonyl (C=O) groups excluding carboxylic acids is 1. The van der Waals surface area contributed by atoms with Gasteiger partial charge in [0, 0.05) is 23.0 Å². The van der Waals surface area contributed by atoms with E-state index < -0.39 is 5.97 Å². The van der Waals surface area contributed by atoms with Crippen LogP contribution < -0.4 is 0 Å². The number of amides is 1. The molecular formula is C14H15Br2NO3S. The number of fused-ring (bicyclic) bond motifs is 2. The van der Waals surface area contributed by atoms with Crippen LogP contribution in [0.15, 0.2) is 14.3 Å². The highest BCUT2D eigenvalue weighted by Crippen LogP contribution is 2.42. The molecule has 21 heavy (non-hydrogen) atoms. The number of hydrogen-bond donors (Lipinski definition) is 1. The number of nitrogens with zero attached hydrogens (tertiary/aromatic N) is 1. The molecule has 0 radical (unpaired) electrons. The molecule has 114 valence electrons. The summed E-state index contributed by atoms with van der Waals surface area (Å²) in [7, 11) is 0. The fourth-order valence-corrected chi connectivity index (χ4v) is 5.59. The van der Waals surface area contributed by atoms with Gasteiger partial charge in [0.25, 0.3) is 5.91 Å². The lowest BCUT2D eigenvalue weighted by atomic mass is 9.88. The van der Waals surface area contributed by atoms with E-state index in [-0.39, 0.29) is 30.3 Å². The number of carboxylic acids is 1. The minimum Gasteiger partial charge on any atom is -0.481 e. The van der Waals surface area contributed by atoms with Crippen molar-refractivity contribution >= 4 is 55.1 Å². The first-order valence-electron chi connectivity index (χ1n) is 6.95. The van der Waals surface area contributed by atoms with Crippen molar-refractivity contribution in [3.63, 3.8) is 0 Å². The van der Waals surface area contributed by atoms with E-state index in [2.05, 4.69) is 31.9 Å². The highest BCUT2D eigenvalue weighted by molar-refractivity contribution is 9.13. The van der Waals surface area contributed by atoms with Crippen LogP contribution in [-0.4, -0.2) is 34.0 Å². The Bertz CT molecular complexity index is 555. The Hall–Kier alpha value is -0.400. The third-order valence-electron chi connectivity index (χ3n) is 4.38. The maximum atomic E-state index is 12.7. The minimum absolute atomic E-state index is 0.0904. The maximum absolute atomic E-state index is 12.7. The van der Waals surface area contributed by atoms with Crippen LogP contribution in [0.2, 0.25) is 0 Å². The summed E-state index contributed by atoms with van der Waals surface area (Å²) >= 11 is 8.29. The van der Waals surface area contributed by atoms with E-state index in [9.17, 15) is 9.59 Å². The fraction of sp³-hybridized carbons (Fsp3) is 0.571. The van der Waals surface area contributed by atoms with Crippen molar-refractivity contribution in [3.05, 3.63) is 19.2 Å². The van der Waals surface area contributed by atoms with Crippen molar-refractivity contribution in [1.82, 2.24) is 4.90 Å². The summed E-state index contributed by atoms with van der Waals surface area (Å²) in [6.45, 7) is 0. The SMILES string of the molecule is O=C(O)CC1CC2CCC(C1)N2C(=O)c1cc(Br)c(Br)s1. The molecule has 2 aliphatic heterocycles. The Morgan fingerprint density at radius 3 is 2.38 bits per heavy atom. The van der Waals surface area contributed by atoms with Gasteiger partial charge >= 0.3 is 5.97 Å². The number of halogens is 2. The highest BCUT2D eigenvalue weighted by Gasteiger charge is 2.44. The zero-order valence-electron chi connectivity index (χ0n) is 11.2. The first kappa shape index (κ1) is 15.5. The first-order chi connectivity index (χ1) is 9.95. The maximum Gasteiger partial charge on any atom is 0.303 e. The molecule has 7 heteroatoms. The van der Waals surface area contributed by atoms with Crippen molar-refractivity contribution in [3.8, 4) is 0 Å². The summed E-state index contributed by atoms with van der Waals surface area (Å²) in [5.74, 6) is -0.427. The second-order valence-corrected chi connectivity index (χ2v) is 8.99. The van der Waals surface area contributed by atoms with Crippen molar-refractivity contribution in [1.29, 1.82) is 0 Å². The molecule has 2 fully saturated rings. The molecule has 3 heterocycles. The minimum atomic E-state index is -0.731. The van der Waals surface area contributed by atoms with E-state index in [4.69, 9.17) is 5.11 Å². The molecule has 0 spiro atoms. The number of aliphatic carboxylic acids is 1. The van der Waals surface area contributed by atoms with E-state index in [1.807, 2.05) is 11.0 Å². The van der Waals surface area contributed by atoms with E-state index >= 15 is 0 Å². The van der Waals surface area contributed by atoms with Gasteiger partial charge in [-0.15, -0.1) is 11.3 Å². The average Bonchev–Trinajstić information content (AvgIpc) is 2.87. The third kappa shape index (κ3) is 3.05. The lowest BCUT2D eigenvalue weighted by Gasteiger charge is -2.38. The summed E-state index contributed by atoms with van der Waals surface area (Å²) in [5.41, 5.74) is 0. The van der Waals surface area contributed by atoms with Gasteiger partial charge in [-0.2, -0.15) is 0 Å². The second kappa shape index (κ2) is 6.01. The normalized spacial score (nSPS) is 27.9. The van der Waals surface area contributed by atoms with E-state index in [0.29, 0.717) is 0 Å². The van der Waals surface area contributed by atoms with Gasteiger partial charge in [-0.05, 0) is 69.5 Å². The molecule has 2 aliphatic rings. The van der Waals surface area contributed by atoms with Gasteiger partial charge < -0.3 is 10.0 Å². The molecule has 1 aromatic rings. The summed E-state index contributed by atoms with van der Waals surface area (Å²) in [6.07, 6.45) is 3.87. The van der Waals surface area contributed by atoms with Crippen molar-refractivity contribution < 1.29 is 14.7 Å². The van der Waals surface area contributed by atoms with Crippen LogP contribution in [0.1, 0.15) is 41.8 Å². The smallest absolute Gasteiger partial charge is 0.303 e. The van der Waals surface area contributed by atoms with Crippen LogP contribution in [0.4, 0.5) is 0 Å². The fourth-order valence-electron chi connectivity index (χ4n) is 3.61. The molecule has 2 saturated heterocycles. The standard InChI is InChI=1S/C14H15Br2NO3S/c15-10-6-11(21-13(10)16)14(20)17-8-1-2-9(17)4-7(3-8)5-12(18)19/h6-9H,1-5H2,(H,18,19). The molecule has 0 saturated carbocycles. The molecular weight excluding hydrogens is 422 g/mol. The first-order valence-corrected chi connectivity index (χ1v) is 9.35. The van der Waals surface area contributed by atoms with Gasteiger partial charge in [-0.1, -0.05) is 0 Å². The summed E-state index contributed by atoms with van der Waals surface area (Å²) < 4.78 is 1.84. The van der Waals surface area contributed by atoms with Crippen LogP contribution in [0.25, 0.3) is 0 Å². The molecule has 1 aromatic heterocycles. The van der Waals surface area contributed by atoms with Crippen LogP contribution >= 0.6 is 43.2 Å². The molecule has 0 aromatic carbocycles. The Balaban J connectivity index is 1.75. The van der Waals surface area contributed by atoms with Gasteiger partial charge in [-0.3, -0.25) is 9.59 Å². The number of hydrogen-bond acceptors (Lipinski definition) is 3. The van der Waals surface area contributed by atoms with E-state index in [0.717, 1.165) is 38.8 Å². The summed E-state index contributed by atoms with van der Waals surface area (Å²) in [5, 5.41) is 8.96. The Kier molecular flexibility index (Phi) is 4.43. The monoisotopic (exact) mass is 435 g/mol. The Labute approximate surface area is 143 Å². The van der Waals surface area contributed by atoms with Gasteiger partial charge in [0.1, 0.15) is 0 Å². The third-order valence-corrected chi connectivity index (χ3v) is 7.63. The molecule has 2 bridgehead atoms. The number of carboxylic acid groups (broad SMARTS) is 1. The van der Waals surface area contributed by atoms with Crippen LogP contribution in [0, 0.1) is 5.92 Å². The van der Waals surface area contributed by atoms with Crippen molar-refractivity contribution in [2.45, 2.75) is 44.2 Å². The number of rotatable bonds is 3. The predicted molar refractivity (Wildman–Crippen MR) is 87.7 cm³/mol. The lowest BCUT2D eigenvalue weighted by molar-refractivity contribution is -0.138. The number of carbonyl (C=O) groups is 2. The molecule has 1 amide bonds. The Morgan fingerprint density at radius 2 is 1.90 bits per heavy atom. The molecule has 3 rings (SSSR count). The topological polar surface area (TPSA) is 57.6 Å². The van der Waals surface area contributed by atoms with Gasteiger partial charge in [-0.25, -0.2) is 0 Å². The van der Waals surface area contributed by atoms with E-state index in [1.165, 1.54) is 11.3 Å². The van der Waals surface area contributed by atoms with Crippen LogP contribution in [0.5, 0.6) is 0 Å². The Morgan fingerprint density at radius 1 is 1.29 bits per heavy atom. The van der Waals surface area contributed by atoms with Gasteiger partial charge in [0.2, 0.25) is 0 Å². The lowest BCUT2D eigenvalue weighted by Crippen LogP contribution is -2.46. The van der Waals surface area contributed by atoms with Crippen LogP contribution in [-0.2, 0) is 4.79 Å². The van der Waals surface area contributed by atoms with Crippen molar-refractivity contribution in [2.24, 2.45) is 5.92 Å². The molecule has 1 N–H and O–H groups in total. The van der Waals surface area contributed by atoms with Gasteiger partial charge in [0.15, 0.2) is 0 Å². The summed E-state index contributed by atoms with van der Waals surface area (Å²) in [6, 6.07) is 2.28.